The third kappa shape index (κ3) is 7.20. The van der Waals surface area contributed by atoms with Gasteiger partial charge in [-0.15, -0.1) is 0 Å². The third-order valence-electron chi connectivity index (χ3n) is 4.94. The number of aromatic amines is 1. The summed E-state index contributed by atoms with van der Waals surface area (Å²) in [5, 5.41) is 19.3. The zero-order chi connectivity index (χ0) is 23.4. The van der Waals surface area contributed by atoms with Gasteiger partial charge in [0.05, 0.1) is 0 Å². The Hall–Kier alpha value is -3.23. The van der Waals surface area contributed by atoms with Gasteiger partial charge < -0.3 is 36.7 Å². The van der Waals surface area contributed by atoms with E-state index in [2.05, 4.69) is 23.8 Å². The lowest BCUT2D eigenvalue weighted by Gasteiger charge is -2.21. The Morgan fingerprint density at radius 1 is 1.29 bits per heavy atom. The number of ether oxygens (including phenoxy) is 1. The van der Waals surface area contributed by atoms with Crippen molar-refractivity contribution >= 4 is 23.5 Å². The van der Waals surface area contributed by atoms with Crippen molar-refractivity contribution in [3.63, 3.8) is 0 Å². The Labute approximate surface area is 183 Å². The number of phenolic OH excluding ortho intramolecular Hbond substituents is 1. The number of para-hydroxylation sites is 1. The Kier molecular flexibility index (Phi) is 10.9. The number of hydrogen-bond acceptors (Lipinski definition) is 6. The molecule has 0 aliphatic carbocycles. The molecule has 1 amide bonds. The smallest absolute Gasteiger partial charge is 0.243 e. The van der Waals surface area contributed by atoms with E-state index in [1.54, 1.807) is 25.2 Å². The molecule has 2 aromatic rings. The monoisotopic (exact) mass is 430 g/mol. The van der Waals surface area contributed by atoms with Crippen LogP contribution in [-0.4, -0.2) is 48.5 Å². The first-order valence-corrected chi connectivity index (χ1v) is 9.99. The molecule has 170 valence electrons. The molecule has 8 N–H and O–H groups in total. The van der Waals surface area contributed by atoms with Gasteiger partial charge in [0.25, 0.3) is 0 Å². The lowest BCUT2D eigenvalue weighted by Crippen LogP contribution is -2.15. The summed E-state index contributed by atoms with van der Waals surface area (Å²) in [4.78, 5) is 13.3. The van der Waals surface area contributed by atoms with Crippen molar-refractivity contribution in [3.05, 3.63) is 59.3 Å². The first kappa shape index (κ1) is 25.8. The van der Waals surface area contributed by atoms with Gasteiger partial charge in [-0.1, -0.05) is 18.7 Å². The molecule has 1 aromatic carbocycles. The highest BCUT2D eigenvalue weighted by Crippen LogP contribution is 2.34. The molecule has 1 fully saturated rings. The summed E-state index contributed by atoms with van der Waals surface area (Å²) in [6.45, 7) is 6.85. The SMILES string of the molecule is C=CC(=O)NC.CO.Cc1c(C2CCOCC2)[nH]c(N)c1/C=C(\N)c1ccccc1O. The molecule has 1 aliphatic heterocycles. The zero-order valence-corrected chi connectivity index (χ0v) is 18.4. The van der Waals surface area contributed by atoms with Crippen LogP contribution in [0, 0.1) is 6.92 Å². The van der Waals surface area contributed by atoms with Crippen molar-refractivity contribution in [3.8, 4) is 5.75 Å². The number of anilines is 1. The van der Waals surface area contributed by atoms with Crippen LogP contribution in [0.1, 0.15) is 41.1 Å². The molecule has 0 unspecified atom stereocenters. The average Bonchev–Trinajstić information content (AvgIpc) is 3.09. The molecule has 2 heterocycles. The van der Waals surface area contributed by atoms with Crippen LogP contribution in [0.4, 0.5) is 5.82 Å². The predicted octanol–water partition coefficient (Wildman–Crippen LogP) is 2.49. The Morgan fingerprint density at radius 2 is 1.90 bits per heavy atom. The second-order valence-corrected chi connectivity index (χ2v) is 6.81. The molecule has 8 heteroatoms. The summed E-state index contributed by atoms with van der Waals surface area (Å²) in [6, 6.07) is 7.03. The number of amides is 1. The molecular weight excluding hydrogens is 396 g/mol. The highest BCUT2D eigenvalue weighted by molar-refractivity contribution is 5.86. The maximum atomic E-state index is 9.95. The van der Waals surface area contributed by atoms with Gasteiger partial charge in [-0.3, -0.25) is 4.79 Å². The average molecular weight is 431 g/mol. The molecule has 0 radical (unpaired) electrons. The lowest BCUT2D eigenvalue weighted by atomic mass is 9.93. The maximum absolute atomic E-state index is 9.95. The van der Waals surface area contributed by atoms with Crippen LogP contribution < -0.4 is 16.8 Å². The van der Waals surface area contributed by atoms with Crippen LogP contribution in [0.5, 0.6) is 5.75 Å². The summed E-state index contributed by atoms with van der Waals surface area (Å²) < 4.78 is 5.43. The number of nitrogen functional groups attached to an aromatic ring is 1. The molecule has 3 rings (SSSR count). The van der Waals surface area contributed by atoms with Crippen LogP contribution in [0.25, 0.3) is 11.8 Å². The summed E-state index contributed by atoms with van der Waals surface area (Å²) in [6.07, 6.45) is 5.05. The van der Waals surface area contributed by atoms with E-state index in [0.29, 0.717) is 23.0 Å². The van der Waals surface area contributed by atoms with Gasteiger partial charge in [0.15, 0.2) is 0 Å². The summed E-state index contributed by atoms with van der Waals surface area (Å²) in [7, 11) is 2.56. The molecule has 0 spiro atoms. The van der Waals surface area contributed by atoms with E-state index < -0.39 is 0 Å². The number of nitrogens with one attached hydrogen (secondary N) is 2. The number of aliphatic hydroxyl groups is 1. The van der Waals surface area contributed by atoms with E-state index in [1.165, 1.54) is 11.8 Å². The topological polar surface area (TPSA) is 147 Å². The number of nitrogens with two attached hydrogens (primary N) is 2. The highest BCUT2D eigenvalue weighted by atomic mass is 16.5. The summed E-state index contributed by atoms with van der Waals surface area (Å²) in [5.41, 5.74) is 16.6. The number of aromatic nitrogens is 1. The summed E-state index contributed by atoms with van der Waals surface area (Å²) in [5.74, 6) is 1.08. The zero-order valence-electron chi connectivity index (χ0n) is 18.4. The molecule has 31 heavy (non-hydrogen) atoms. The van der Waals surface area contributed by atoms with Gasteiger partial charge in [-0.25, -0.2) is 0 Å². The molecular formula is C23H34N4O4. The number of rotatable bonds is 4. The molecule has 1 saturated heterocycles. The number of phenols is 1. The fourth-order valence-corrected chi connectivity index (χ4v) is 3.29. The Bertz CT molecular complexity index is 884. The van der Waals surface area contributed by atoms with E-state index in [-0.39, 0.29) is 11.7 Å². The molecule has 1 aromatic heterocycles. The lowest BCUT2D eigenvalue weighted by molar-refractivity contribution is -0.116. The first-order chi connectivity index (χ1) is 14.9. The minimum absolute atomic E-state index is 0.144. The second-order valence-electron chi connectivity index (χ2n) is 6.81. The van der Waals surface area contributed by atoms with E-state index in [4.69, 9.17) is 21.3 Å². The van der Waals surface area contributed by atoms with Gasteiger partial charge in [0, 0.05) is 55.8 Å². The van der Waals surface area contributed by atoms with Gasteiger partial charge >= 0.3 is 0 Å². The van der Waals surface area contributed by atoms with Crippen molar-refractivity contribution in [1.82, 2.24) is 10.3 Å². The standard InChI is InChI=1S/C18H23N3O2.C4H7NO.CH4O/c1-11-14(10-15(19)13-4-2-3-5-16(13)22)18(20)21-17(11)12-6-8-23-9-7-12;1-3-4(6)5-2;1-2/h2-5,10,12,21-22H,6-9,19-20H2,1H3;3H,1H2,2H3,(H,5,6);2H,1H3/b15-10-;;. The number of aliphatic hydroxyl groups excluding tert-OH is 1. The number of hydrogen-bond donors (Lipinski definition) is 6. The highest BCUT2D eigenvalue weighted by Gasteiger charge is 2.22. The van der Waals surface area contributed by atoms with Crippen molar-refractivity contribution in [1.29, 1.82) is 0 Å². The fourth-order valence-electron chi connectivity index (χ4n) is 3.29. The number of H-pyrrole nitrogens is 1. The number of carbonyl (C=O) groups excluding carboxylic acids is 1. The van der Waals surface area contributed by atoms with E-state index in [1.807, 2.05) is 12.1 Å². The molecule has 1 aliphatic rings. The molecule has 0 atom stereocenters. The Morgan fingerprint density at radius 3 is 2.42 bits per heavy atom. The van der Waals surface area contributed by atoms with Crippen molar-refractivity contribution in [2.45, 2.75) is 25.7 Å². The number of aromatic hydroxyl groups is 1. The quantitative estimate of drug-likeness (QED) is 0.411. The number of carbonyl (C=O) groups is 1. The largest absolute Gasteiger partial charge is 0.507 e. The van der Waals surface area contributed by atoms with E-state index in [9.17, 15) is 9.90 Å². The maximum Gasteiger partial charge on any atom is 0.243 e. The number of likely N-dealkylation sites (N-methyl/N-ethyl adjacent to an activating group) is 1. The van der Waals surface area contributed by atoms with Crippen LogP contribution in [0.15, 0.2) is 36.9 Å². The minimum Gasteiger partial charge on any atom is -0.507 e. The van der Waals surface area contributed by atoms with Gasteiger partial charge in [-0.2, -0.15) is 0 Å². The number of benzene rings is 1. The molecule has 0 bridgehead atoms. The normalized spacial score (nSPS) is 13.9. The van der Waals surface area contributed by atoms with Crippen LogP contribution in [-0.2, 0) is 9.53 Å². The van der Waals surface area contributed by atoms with Crippen molar-refractivity contribution < 1.29 is 19.7 Å². The van der Waals surface area contributed by atoms with Gasteiger partial charge in [-0.05, 0) is 49.6 Å². The van der Waals surface area contributed by atoms with Gasteiger partial charge in [0.2, 0.25) is 5.91 Å². The van der Waals surface area contributed by atoms with Crippen LogP contribution >= 0.6 is 0 Å². The Balaban J connectivity index is 0.000000521. The minimum atomic E-state index is -0.144. The van der Waals surface area contributed by atoms with Gasteiger partial charge in [0.1, 0.15) is 11.6 Å². The van der Waals surface area contributed by atoms with Crippen LogP contribution in [0.2, 0.25) is 0 Å². The van der Waals surface area contributed by atoms with E-state index in [0.717, 1.165) is 44.3 Å². The van der Waals surface area contributed by atoms with E-state index >= 15 is 0 Å². The predicted molar refractivity (Wildman–Crippen MR) is 125 cm³/mol. The molecule has 8 nitrogen and oxygen atoms in total. The van der Waals surface area contributed by atoms with Crippen molar-refractivity contribution in [2.24, 2.45) is 5.73 Å². The van der Waals surface area contributed by atoms with Crippen molar-refractivity contribution in [2.75, 3.05) is 33.1 Å². The molecule has 0 saturated carbocycles. The van der Waals surface area contributed by atoms with Crippen LogP contribution in [0.3, 0.4) is 0 Å². The summed E-state index contributed by atoms with van der Waals surface area (Å²) >= 11 is 0. The third-order valence-corrected chi connectivity index (χ3v) is 4.94. The fraction of sp³-hybridized carbons (Fsp3) is 0.348. The first-order valence-electron chi connectivity index (χ1n) is 9.99. The second kappa shape index (κ2) is 13.1.